The van der Waals surface area contributed by atoms with Gasteiger partial charge in [-0.3, -0.25) is 0 Å². The third-order valence-electron chi connectivity index (χ3n) is 3.37. The maximum atomic E-state index is 5.23. The molecular weight excluding hydrogens is 250 g/mol. The van der Waals surface area contributed by atoms with E-state index in [0.717, 1.165) is 28.3 Å². The second-order valence-electron chi connectivity index (χ2n) is 4.69. The number of hydrogen-bond donors (Lipinski definition) is 1. The molecule has 0 aliphatic carbocycles. The van der Waals surface area contributed by atoms with Crippen LogP contribution in [-0.4, -0.2) is 16.7 Å². The van der Waals surface area contributed by atoms with Crippen LogP contribution in [0.3, 0.4) is 0 Å². The number of nitrogens with one attached hydrogen (secondary N) is 1. The van der Waals surface area contributed by atoms with E-state index in [9.17, 15) is 0 Å². The number of para-hydroxylation sites is 2. The molecule has 1 aromatic heterocycles. The van der Waals surface area contributed by atoms with Gasteiger partial charge in [0.25, 0.3) is 0 Å². The van der Waals surface area contributed by atoms with E-state index in [0.29, 0.717) is 6.54 Å². The Kier molecular flexibility index (Phi) is 3.29. The molecule has 3 aromatic rings. The summed E-state index contributed by atoms with van der Waals surface area (Å²) in [6.07, 6.45) is 0. The second-order valence-corrected chi connectivity index (χ2v) is 4.69. The fourth-order valence-corrected chi connectivity index (χ4v) is 2.27. The van der Waals surface area contributed by atoms with Crippen molar-refractivity contribution < 1.29 is 4.74 Å². The zero-order chi connectivity index (χ0) is 13.9. The molecule has 0 aliphatic rings. The summed E-state index contributed by atoms with van der Waals surface area (Å²) in [7, 11) is 3.70. The van der Waals surface area contributed by atoms with Crippen LogP contribution < -0.4 is 10.1 Å². The number of imidazole rings is 1. The largest absolute Gasteiger partial charge is 0.497 e. The Labute approximate surface area is 118 Å². The third-order valence-corrected chi connectivity index (χ3v) is 3.37. The van der Waals surface area contributed by atoms with Gasteiger partial charge in [0.05, 0.1) is 18.1 Å². The monoisotopic (exact) mass is 267 g/mol. The van der Waals surface area contributed by atoms with E-state index in [4.69, 9.17) is 4.74 Å². The summed E-state index contributed by atoms with van der Waals surface area (Å²) in [6.45, 7) is 0.717. The molecule has 0 spiro atoms. The quantitative estimate of drug-likeness (QED) is 0.789. The number of aryl methyl sites for hydroxylation is 1. The molecule has 0 saturated heterocycles. The predicted molar refractivity (Wildman–Crippen MR) is 81.0 cm³/mol. The van der Waals surface area contributed by atoms with Crippen molar-refractivity contribution in [3.63, 3.8) is 0 Å². The highest BCUT2D eigenvalue weighted by molar-refractivity contribution is 5.78. The molecule has 0 aliphatic heterocycles. The molecule has 102 valence electrons. The van der Waals surface area contributed by atoms with Crippen molar-refractivity contribution in [1.29, 1.82) is 0 Å². The first kappa shape index (κ1) is 12.5. The van der Waals surface area contributed by atoms with Gasteiger partial charge >= 0.3 is 0 Å². The minimum atomic E-state index is 0.717. The van der Waals surface area contributed by atoms with Gasteiger partial charge in [0.1, 0.15) is 5.75 Å². The van der Waals surface area contributed by atoms with E-state index in [1.54, 1.807) is 7.11 Å². The van der Waals surface area contributed by atoms with E-state index in [1.807, 2.05) is 43.4 Å². The average molecular weight is 267 g/mol. The van der Waals surface area contributed by atoms with Crippen molar-refractivity contribution in [2.24, 2.45) is 7.05 Å². The standard InChI is InChI=1S/C16H17N3O/c1-19-15-9-4-3-8-14(15)18-16(19)17-11-12-6-5-7-13(10-12)20-2/h3-10H,11H2,1-2H3,(H,17,18). The van der Waals surface area contributed by atoms with Crippen LogP contribution in [0.4, 0.5) is 5.95 Å². The molecule has 2 aromatic carbocycles. The first-order valence-electron chi connectivity index (χ1n) is 6.56. The van der Waals surface area contributed by atoms with Gasteiger partial charge in [-0.2, -0.15) is 0 Å². The fraction of sp³-hybridized carbons (Fsp3) is 0.188. The predicted octanol–water partition coefficient (Wildman–Crippen LogP) is 3.19. The number of anilines is 1. The SMILES string of the molecule is COc1cccc(CNc2nc3ccccc3n2C)c1. The molecule has 0 unspecified atom stereocenters. The van der Waals surface area contributed by atoms with Crippen molar-refractivity contribution in [2.45, 2.75) is 6.54 Å². The Hall–Kier alpha value is -2.49. The number of methoxy groups -OCH3 is 1. The van der Waals surface area contributed by atoms with Gasteiger partial charge in [-0.05, 0) is 29.8 Å². The Bertz CT molecular complexity index is 733. The molecule has 0 amide bonds. The third kappa shape index (κ3) is 2.32. The minimum Gasteiger partial charge on any atom is -0.497 e. The summed E-state index contributed by atoms with van der Waals surface area (Å²) in [6, 6.07) is 16.1. The average Bonchev–Trinajstić information content (AvgIpc) is 2.82. The Morgan fingerprint density at radius 2 is 2.00 bits per heavy atom. The number of hydrogen-bond acceptors (Lipinski definition) is 3. The van der Waals surface area contributed by atoms with Crippen LogP contribution in [0.1, 0.15) is 5.56 Å². The van der Waals surface area contributed by atoms with Crippen molar-refractivity contribution in [2.75, 3.05) is 12.4 Å². The summed E-state index contributed by atoms with van der Waals surface area (Å²) in [5, 5.41) is 3.37. The summed E-state index contributed by atoms with van der Waals surface area (Å²) >= 11 is 0. The molecule has 0 atom stereocenters. The minimum absolute atomic E-state index is 0.717. The molecule has 3 rings (SSSR count). The lowest BCUT2D eigenvalue weighted by Gasteiger charge is -2.07. The van der Waals surface area contributed by atoms with Gasteiger partial charge in [-0.25, -0.2) is 4.98 Å². The van der Waals surface area contributed by atoms with Crippen molar-refractivity contribution in [1.82, 2.24) is 9.55 Å². The van der Waals surface area contributed by atoms with Crippen LogP contribution in [0.2, 0.25) is 0 Å². The van der Waals surface area contributed by atoms with Crippen LogP contribution in [0.15, 0.2) is 48.5 Å². The smallest absolute Gasteiger partial charge is 0.203 e. The Morgan fingerprint density at radius 3 is 2.80 bits per heavy atom. The number of aromatic nitrogens is 2. The van der Waals surface area contributed by atoms with E-state index in [1.165, 1.54) is 0 Å². The molecule has 0 radical (unpaired) electrons. The van der Waals surface area contributed by atoms with E-state index in [-0.39, 0.29) is 0 Å². The molecule has 0 fully saturated rings. The van der Waals surface area contributed by atoms with Crippen LogP contribution in [0.25, 0.3) is 11.0 Å². The van der Waals surface area contributed by atoms with Crippen molar-refractivity contribution >= 4 is 17.0 Å². The molecule has 1 N–H and O–H groups in total. The molecule has 1 heterocycles. The summed E-state index contributed by atoms with van der Waals surface area (Å²) < 4.78 is 7.30. The number of nitrogens with zero attached hydrogens (tertiary/aromatic N) is 2. The number of ether oxygens (including phenoxy) is 1. The molecule has 4 nitrogen and oxygen atoms in total. The lowest BCUT2D eigenvalue weighted by atomic mass is 10.2. The van der Waals surface area contributed by atoms with Crippen LogP contribution >= 0.6 is 0 Å². The maximum absolute atomic E-state index is 5.23. The number of fused-ring (bicyclic) bond motifs is 1. The highest BCUT2D eigenvalue weighted by Gasteiger charge is 2.06. The van der Waals surface area contributed by atoms with Crippen LogP contribution in [0, 0.1) is 0 Å². The summed E-state index contributed by atoms with van der Waals surface area (Å²) in [5.74, 6) is 1.74. The maximum Gasteiger partial charge on any atom is 0.203 e. The first-order chi connectivity index (χ1) is 9.78. The van der Waals surface area contributed by atoms with E-state index >= 15 is 0 Å². The molecular formula is C16H17N3O. The fourth-order valence-electron chi connectivity index (χ4n) is 2.27. The zero-order valence-corrected chi connectivity index (χ0v) is 11.6. The van der Waals surface area contributed by atoms with Crippen molar-refractivity contribution in [3.05, 3.63) is 54.1 Å². The second kappa shape index (κ2) is 5.25. The van der Waals surface area contributed by atoms with Gasteiger partial charge in [0, 0.05) is 13.6 Å². The lowest BCUT2D eigenvalue weighted by molar-refractivity contribution is 0.414. The highest BCUT2D eigenvalue weighted by Crippen LogP contribution is 2.19. The molecule has 0 bridgehead atoms. The van der Waals surface area contributed by atoms with Gasteiger partial charge < -0.3 is 14.6 Å². The molecule has 4 heteroatoms. The Balaban J connectivity index is 1.81. The van der Waals surface area contributed by atoms with Crippen LogP contribution in [-0.2, 0) is 13.6 Å². The van der Waals surface area contributed by atoms with Gasteiger partial charge in [0.2, 0.25) is 5.95 Å². The van der Waals surface area contributed by atoms with Crippen LogP contribution in [0.5, 0.6) is 5.75 Å². The molecule has 20 heavy (non-hydrogen) atoms. The lowest BCUT2D eigenvalue weighted by Crippen LogP contribution is -2.05. The number of benzene rings is 2. The zero-order valence-electron chi connectivity index (χ0n) is 11.6. The van der Waals surface area contributed by atoms with Gasteiger partial charge in [0.15, 0.2) is 0 Å². The van der Waals surface area contributed by atoms with E-state index in [2.05, 4.69) is 27.0 Å². The van der Waals surface area contributed by atoms with Gasteiger partial charge in [-0.1, -0.05) is 24.3 Å². The summed E-state index contributed by atoms with van der Waals surface area (Å²) in [5.41, 5.74) is 3.29. The van der Waals surface area contributed by atoms with Crippen molar-refractivity contribution in [3.8, 4) is 5.75 Å². The van der Waals surface area contributed by atoms with Gasteiger partial charge in [-0.15, -0.1) is 0 Å². The first-order valence-corrected chi connectivity index (χ1v) is 6.56. The molecule has 0 saturated carbocycles. The normalized spacial score (nSPS) is 10.7. The topological polar surface area (TPSA) is 39.1 Å². The Morgan fingerprint density at radius 1 is 1.15 bits per heavy atom. The highest BCUT2D eigenvalue weighted by atomic mass is 16.5. The van der Waals surface area contributed by atoms with E-state index < -0.39 is 0 Å². The number of rotatable bonds is 4. The summed E-state index contributed by atoms with van der Waals surface area (Å²) in [4.78, 5) is 4.59.